The van der Waals surface area contributed by atoms with Gasteiger partial charge in [-0.05, 0) is 24.1 Å². The van der Waals surface area contributed by atoms with Crippen molar-refractivity contribution in [1.29, 1.82) is 0 Å². The molecule has 3 nitrogen and oxygen atoms in total. The number of rotatable bonds is 2. The van der Waals surface area contributed by atoms with Crippen LogP contribution in [0.2, 0.25) is 0 Å². The molecule has 0 radical (unpaired) electrons. The Morgan fingerprint density at radius 2 is 2.07 bits per heavy atom. The normalized spacial score (nSPS) is 25.4. The maximum Gasteiger partial charge on any atom is 0.309 e. The fourth-order valence-corrected chi connectivity index (χ4v) is 1.82. The Morgan fingerprint density at radius 3 is 2.67 bits per heavy atom. The highest BCUT2D eigenvalue weighted by Gasteiger charge is 2.34. The van der Waals surface area contributed by atoms with E-state index in [0.29, 0.717) is 13.0 Å². The minimum Gasteiger partial charge on any atom is -0.481 e. The van der Waals surface area contributed by atoms with Gasteiger partial charge in [0.05, 0.1) is 12.0 Å². The van der Waals surface area contributed by atoms with Crippen molar-refractivity contribution in [1.82, 2.24) is 0 Å². The molecule has 1 aliphatic heterocycles. The lowest BCUT2D eigenvalue weighted by Crippen LogP contribution is -2.17. The Labute approximate surface area is 86.5 Å². The molecule has 4 heteroatoms. The summed E-state index contributed by atoms with van der Waals surface area (Å²) in [5, 5.41) is 8.95. The molecule has 2 rings (SSSR count). The van der Waals surface area contributed by atoms with Gasteiger partial charge in [-0.15, -0.1) is 0 Å². The van der Waals surface area contributed by atoms with Crippen molar-refractivity contribution in [3.8, 4) is 0 Å². The molecule has 0 saturated carbocycles. The Morgan fingerprint density at radius 1 is 1.40 bits per heavy atom. The van der Waals surface area contributed by atoms with Gasteiger partial charge in [-0.2, -0.15) is 0 Å². The number of hydrogen-bond donors (Lipinski definition) is 1. The molecule has 80 valence electrons. The van der Waals surface area contributed by atoms with E-state index < -0.39 is 18.0 Å². The lowest BCUT2D eigenvalue weighted by molar-refractivity contribution is -0.143. The number of aliphatic carboxylic acids is 1. The average molecular weight is 210 g/mol. The van der Waals surface area contributed by atoms with E-state index in [0.717, 1.165) is 5.56 Å². The van der Waals surface area contributed by atoms with Gasteiger partial charge in [0.25, 0.3) is 0 Å². The summed E-state index contributed by atoms with van der Waals surface area (Å²) < 4.78 is 18.0. The largest absolute Gasteiger partial charge is 0.481 e. The van der Waals surface area contributed by atoms with Crippen LogP contribution in [-0.4, -0.2) is 17.7 Å². The molecule has 15 heavy (non-hydrogen) atoms. The third-order valence-corrected chi connectivity index (χ3v) is 2.61. The molecule has 1 heterocycles. The predicted octanol–water partition coefficient (Wildman–Crippen LogP) is 1.99. The van der Waals surface area contributed by atoms with Crippen LogP contribution in [0.3, 0.4) is 0 Å². The summed E-state index contributed by atoms with van der Waals surface area (Å²) in [6.45, 7) is 0.443. The second-order valence-electron chi connectivity index (χ2n) is 3.58. The minimum atomic E-state index is -0.859. The van der Waals surface area contributed by atoms with Crippen molar-refractivity contribution in [2.75, 3.05) is 6.61 Å². The SMILES string of the molecule is O=C(O)[C@@H]1CCO[C@H]1c1ccc(F)cc1. The quantitative estimate of drug-likeness (QED) is 0.811. The number of hydrogen-bond acceptors (Lipinski definition) is 2. The zero-order valence-corrected chi connectivity index (χ0v) is 8.02. The zero-order chi connectivity index (χ0) is 10.8. The van der Waals surface area contributed by atoms with Crippen molar-refractivity contribution in [3.63, 3.8) is 0 Å². The summed E-state index contributed by atoms with van der Waals surface area (Å²) in [5.74, 6) is -1.71. The van der Waals surface area contributed by atoms with Gasteiger partial charge < -0.3 is 9.84 Å². The number of carboxylic acids is 1. The molecule has 1 aromatic rings. The van der Waals surface area contributed by atoms with E-state index in [9.17, 15) is 9.18 Å². The molecule has 2 atom stereocenters. The number of halogens is 1. The van der Waals surface area contributed by atoms with Gasteiger partial charge in [0.1, 0.15) is 5.82 Å². The maximum absolute atomic E-state index is 12.7. The Kier molecular flexibility index (Phi) is 2.68. The van der Waals surface area contributed by atoms with Crippen molar-refractivity contribution in [2.24, 2.45) is 5.92 Å². The van der Waals surface area contributed by atoms with Gasteiger partial charge in [-0.25, -0.2) is 4.39 Å². The fourth-order valence-electron chi connectivity index (χ4n) is 1.82. The first-order valence-corrected chi connectivity index (χ1v) is 4.78. The van der Waals surface area contributed by atoms with E-state index in [1.807, 2.05) is 0 Å². The first-order valence-electron chi connectivity index (χ1n) is 4.78. The second-order valence-corrected chi connectivity index (χ2v) is 3.58. The Balaban J connectivity index is 2.22. The van der Waals surface area contributed by atoms with Crippen LogP contribution >= 0.6 is 0 Å². The topological polar surface area (TPSA) is 46.5 Å². The molecular weight excluding hydrogens is 199 g/mol. The highest BCUT2D eigenvalue weighted by Crippen LogP contribution is 2.34. The summed E-state index contributed by atoms with van der Waals surface area (Å²) in [5.41, 5.74) is 0.723. The van der Waals surface area contributed by atoms with E-state index in [-0.39, 0.29) is 5.82 Å². The smallest absolute Gasteiger partial charge is 0.309 e. The van der Waals surface area contributed by atoms with E-state index >= 15 is 0 Å². The summed E-state index contributed by atoms with van der Waals surface area (Å²) in [7, 11) is 0. The zero-order valence-electron chi connectivity index (χ0n) is 8.02. The number of benzene rings is 1. The Hall–Kier alpha value is -1.42. The third-order valence-electron chi connectivity index (χ3n) is 2.61. The molecular formula is C11H11FO3. The van der Waals surface area contributed by atoms with Crippen LogP contribution in [0.1, 0.15) is 18.1 Å². The van der Waals surface area contributed by atoms with Gasteiger partial charge >= 0.3 is 5.97 Å². The number of carbonyl (C=O) groups is 1. The summed E-state index contributed by atoms with van der Waals surface area (Å²) in [4.78, 5) is 10.9. The molecule has 1 saturated heterocycles. The van der Waals surface area contributed by atoms with Crippen LogP contribution in [0.15, 0.2) is 24.3 Å². The van der Waals surface area contributed by atoms with E-state index in [4.69, 9.17) is 9.84 Å². The summed E-state index contributed by atoms with van der Waals surface area (Å²) in [6.07, 6.45) is 0.0697. The minimum absolute atomic E-state index is 0.330. The van der Waals surface area contributed by atoms with Gasteiger partial charge in [0.2, 0.25) is 0 Å². The fraction of sp³-hybridized carbons (Fsp3) is 0.364. The van der Waals surface area contributed by atoms with Crippen LogP contribution in [0.4, 0.5) is 4.39 Å². The monoisotopic (exact) mass is 210 g/mol. The average Bonchev–Trinajstić information content (AvgIpc) is 2.67. The molecule has 1 aromatic carbocycles. The molecule has 0 aromatic heterocycles. The van der Waals surface area contributed by atoms with Crippen molar-refractivity contribution in [2.45, 2.75) is 12.5 Å². The van der Waals surface area contributed by atoms with Crippen molar-refractivity contribution >= 4 is 5.97 Å². The Bertz CT molecular complexity index is 361. The molecule has 0 aliphatic carbocycles. The van der Waals surface area contributed by atoms with E-state index in [2.05, 4.69) is 0 Å². The molecule has 1 N–H and O–H groups in total. The van der Waals surface area contributed by atoms with Gasteiger partial charge in [-0.1, -0.05) is 12.1 Å². The molecule has 0 amide bonds. The highest BCUT2D eigenvalue weighted by atomic mass is 19.1. The first-order chi connectivity index (χ1) is 7.18. The van der Waals surface area contributed by atoms with Crippen molar-refractivity contribution < 1.29 is 19.0 Å². The van der Waals surface area contributed by atoms with Crippen molar-refractivity contribution in [3.05, 3.63) is 35.6 Å². The lowest BCUT2D eigenvalue weighted by atomic mass is 9.95. The molecule has 0 bridgehead atoms. The van der Waals surface area contributed by atoms with Gasteiger partial charge in [0.15, 0.2) is 0 Å². The van der Waals surface area contributed by atoms with Crippen LogP contribution in [-0.2, 0) is 9.53 Å². The van der Waals surface area contributed by atoms with Crippen LogP contribution in [0.25, 0.3) is 0 Å². The predicted molar refractivity (Wildman–Crippen MR) is 50.8 cm³/mol. The van der Waals surface area contributed by atoms with E-state index in [1.165, 1.54) is 12.1 Å². The van der Waals surface area contributed by atoms with E-state index in [1.54, 1.807) is 12.1 Å². The molecule has 1 fully saturated rings. The summed E-state index contributed by atoms with van der Waals surface area (Å²) in [6, 6.07) is 5.77. The third kappa shape index (κ3) is 1.99. The molecule has 0 spiro atoms. The number of carboxylic acid groups (broad SMARTS) is 1. The molecule has 1 aliphatic rings. The number of ether oxygens (including phenoxy) is 1. The molecule has 0 unspecified atom stereocenters. The standard InChI is InChI=1S/C11H11FO3/c12-8-3-1-7(2-4-8)10-9(11(13)14)5-6-15-10/h1-4,9-10H,5-6H2,(H,13,14)/t9-,10+/m1/s1. The van der Waals surface area contributed by atoms with Gasteiger partial charge in [-0.3, -0.25) is 4.79 Å². The first kappa shape index (κ1) is 10.1. The highest BCUT2D eigenvalue weighted by molar-refractivity contribution is 5.71. The van der Waals surface area contributed by atoms with Crippen LogP contribution in [0, 0.1) is 11.7 Å². The maximum atomic E-state index is 12.7. The van der Waals surface area contributed by atoms with Crippen LogP contribution in [0.5, 0.6) is 0 Å². The summed E-state index contributed by atoms with van der Waals surface area (Å²) >= 11 is 0. The second kappa shape index (κ2) is 3.98. The van der Waals surface area contributed by atoms with Crippen LogP contribution < -0.4 is 0 Å². The lowest BCUT2D eigenvalue weighted by Gasteiger charge is -2.14. The van der Waals surface area contributed by atoms with Gasteiger partial charge in [0, 0.05) is 6.61 Å².